The van der Waals surface area contributed by atoms with Crippen molar-refractivity contribution in [2.24, 2.45) is 0 Å². The summed E-state index contributed by atoms with van der Waals surface area (Å²) in [6, 6.07) is 14.9. The molecule has 3 rings (SSSR count). The Labute approximate surface area is 148 Å². The lowest BCUT2D eigenvalue weighted by atomic mass is 10.2. The summed E-state index contributed by atoms with van der Waals surface area (Å²) in [5.41, 5.74) is 6.33. The number of nitrogens with one attached hydrogen (secondary N) is 2. The zero-order valence-electron chi connectivity index (χ0n) is 13.9. The number of hydrogen-bond donors (Lipinski definition) is 2. The predicted octanol–water partition coefficient (Wildman–Crippen LogP) is 2.32. The van der Waals surface area contributed by atoms with Gasteiger partial charge in [-0.1, -0.05) is 24.3 Å². The second-order valence-electron chi connectivity index (χ2n) is 5.74. The third-order valence-electron chi connectivity index (χ3n) is 3.95. The van der Waals surface area contributed by atoms with Crippen molar-refractivity contribution >= 4 is 28.4 Å². The number of nitro benzene ring substituents is 1. The van der Waals surface area contributed by atoms with Gasteiger partial charge in [0, 0.05) is 28.9 Å². The molecular formula is C18H16N4O4. The van der Waals surface area contributed by atoms with E-state index in [1.165, 1.54) is 18.2 Å². The second kappa shape index (κ2) is 7.06. The summed E-state index contributed by atoms with van der Waals surface area (Å²) in [5.74, 6) is -1.04. The number of hydrazine groups is 1. The monoisotopic (exact) mass is 352 g/mol. The van der Waals surface area contributed by atoms with Crippen LogP contribution in [0, 0.1) is 17.0 Å². The van der Waals surface area contributed by atoms with Crippen LogP contribution in [0.15, 0.2) is 54.6 Å². The first-order chi connectivity index (χ1) is 12.5. The number of para-hydroxylation sites is 1. The molecule has 0 aliphatic rings. The molecule has 1 aromatic heterocycles. The van der Waals surface area contributed by atoms with Gasteiger partial charge in [-0.2, -0.15) is 0 Å². The van der Waals surface area contributed by atoms with Crippen LogP contribution in [-0.2, 0) is 11.3 Å². The Morgan fingerprint density at radius 3 is 2.62 bits per heavy atom. The molecule has 0 spiro atoms. The van der Waals surface area contributed by atoms with E-state index in [9.17, 15) is 19.7 Å². The highest BCUT2D eigenvalue weighted by Gasteiger charge is 2.13. The molecule has 2 aromatic carbocycles. The number of aromatic nitrogens is 1. The summed E-state index contributed by atoms with van der Waals surface area (Å²) in [6.07, 6.45) is 0. The lowest BCUT2D eigenvalue weighted by Crippen LogP contribution is -2.43. The van der Waals surface area contributed by atoms with Crippen molar-refractivity contribution in [3.05, 3.63) is 76.0 Å². The van der Waals surface area contributed by atoms with Crippen LogP contribution in [0.1, 0.15) is 16.1 Å². The minimum Gasteiger partial charge on any atom is -0.335 e. The molecular weight excluding hydrogens is 336 g/mol. The Morgan fingerprint density at radius 2 is 1.85 bits per heavy atom. The number of benzene rings is 2. The van der Waals surface area contributed by atoms with Gasteiger partial charge >= 0.3 is 0 Å². The number of nitro groups is 1. The molecule has 0 radical (unpaired) electrons. The highest BCUT2D eigenvalue weighted by molar-refractivity contribution is 5.96. The normalized spacial score (nSPS) is 10.5. The molecule has 26 heavy (non-hydrogen) atoms. The van der Waals surface area contributed by atoms with Crippen LogP contribution in [0.3, 0.4) is 0 Å². The number of aryl methyl sites for hydroxylation is 1. The van der Waals surface area contributed by atoms with Crippen molar-refractivity contribution in [3.63, 3.8) is 0 Å². The van der Waals surface area contributed by atoms with Crippen LogP contribution in [-0.4, -0.2) is 21.3 Å². The molecule has 0 aliphatic heterocycles. The summed E-state index contributed by atoms with van der Waals surface area (Å²) in [4.78, 5) is 34.4. The lowest BCUT2D eigenvalue weighted by Gasteiger charge is -2.10. The molecule has 1 heterocycles. The topological polar surface area (TPSA) is 106 Å². The summed E-state index contributed by atoms with van der Waals surface area (Å²) in [7, 11) is 0. The Kier molecular flexibility index (Phi) is 4.66. The molecule has 0 fully saturated rings. The van der Waals surface area contributed by atoms with Gasteiger partial charge in [0.25, 0.3) is 17.5 Å². The van der Waals surface area contributed by atoms with E-state index in [0.717, 1.165) is 22.7 Å². The predicted molar refractivity (Wildman–Crippen MR) is 95.4 cm³/mol. The number of carbonyl (C=O) groups excluding carboxylic acids is 2. The molecule has 2 amide bonds. The van der Waals surface area contributed by atoms with Crippen LogP contribution >= 0.6 is 0 Å². The fourth-order valence-corrected chi connectivity index (χ4v) is 2.70. The standard InChI is InChI=1S/C18H16N4O4/c1-12-9-13-5-2-3-8-16(13)21(12)11-17(23)19-20-18(24)14-6-4-7-15(10-14)22(25)26/h2-10H,11H2,1H3,(H,19,23)(H,20,24). The van der Waals surface area contributed by atoms with Crippen molar-refractivity contribution in [3.8, 4) is 0 Å². The first-order valence-electron chi connectivity index (χ1n) is 7.84. The Balaban J connectivity index is 1.65. The third kappa shape index (κ3) is 3.54. The van der Waals surface area contributed by atoms with E-state index in [4.69, 9.17) is 0 Å². The van der Waals surface area contributed by atoms with Gasteiger partial charge in [0.05, 0.1) is 4.92 Å². The smallest absolute Gasteiger partial charge is 0.270 e. The summed E-state index contributed by atoms with van der Waals surface area (Å²) in [5, 5.41) is 11.8. The maximum absolute atomic E-state index is 12.2. The average Bonchev–Trinajstić information content (AvgIpc) is 2.95. The minimum atomic E-state index is -0.629. The molecule has 0 aliphatic carbocycles. The fourth-order valence-electron chi connectivity index (χ4n) is 2.70. The molecule has 8 nitrogen and oxygen atoms in total. The van der Waals surface area contributed by atoms with Crippen molar-refractivity contribution in [2.45, 2.75) is 13.5 Å². The van der Waals surface area contributed by atoms with Gasteiger partial charge in [0.1, 0.15) is 6.54 Å². The molecule has 0 bridgehead atoms. The first-order valence-corrected chi connectivity index (χ1v) is 7.84. The van der Waals surface area contributed by atoms with Crippen molar-refractivity contribution in [1.82, 2.24) is 15.4 Å². The zero-order valence-corrected chi connectivity index (χ0v) is 13.9. The number of rotatable bonds is 4. The first kappa shape index (κ1) is 17.2. The van der Waals surface area contributed by atoms with Crippen LogP contribution in [0.25, 0.3) is 10.9 Å². The summed E-state index contributed by atoms with van der Waals surface area (Å²) in [6.45, 7) is 1.93. The molecule has 0 unspecified atom stereocenters. The average molecular weight is 352 g/mol. The van der Waals surface area contributed by atoms with Gasteiger partial charge in [-0.3, -0.25) is 30.6 Å². The highest BCUT2D eigenvalue weighted by atomic mass is 16.6. The molecule has 0 saturated heterocycles. The second-order valence-corrected chi connectivity index (χ2v) is 5.74. The van der Waals surface area contributed by atoms with Gasteiger partial charge in [-0.15, -0.1) is 0 Å². The van der Waals surface area contributed by atoms with E-state index in [1.54, 1.807) is 0 Å². The lowest BCUT2D eigenvalue weighted by molar-refractivity contribution is -0.384. The van der Waals surface area contributed by atoms with Gasteiger partial charge < -0.3 is 4.57 Å². The number of fused-ring (bicyclic) bond motifs is 1. The van der Waals surface area contributed by atoms with Gasteiger partial charge in [-0.05, 0) is 30.5 Å². The van der Waals surface area contributed by atoms with Crippen molar-refractivity contribution in [1.29, 1.82) is 0 Å². The number of nitrogens with zero attached hydrogens (tertiary/aromatic N) is 2. The Bertz CT molecular complexity index is 1010. The SMILES string of the molecule is Cc1cc2ccccc2n1CC(=O)NNC(=O)c1cccc([N+](=O)[O-])c1. The van der Waals surface area contributed by atoms with Crippen LogP contribution in [0.2, 0.25) is 0 Å². The molecule has 0 saturated carbocycles. The maximum Gasteiger partial charge on any atom is 0.270 e. The van der Waals surface area contributed by atoms with Crippen molar-refractivity contribution < 1.29 is 14.5 Å². The molecule has 3 aromatic rings. The summed E-state index contributed by atoms with van der Waals surface area (Å²) >= 11 is 0. The highest BCUT2D eigenvalue weighted by Crippen LogP contribution is 2.18. The Morgan fingerprint density at radius 1 is 1.08 bits per heavy atom. The van der Waals surface area contributed by atoms with Crippen LogP contribution < -0.4 is 10.9 Å². The van der Waals surface area contributed by atoms with E-state index < -0.39 is 16.7 Å². The number of carbonyl (C=O) groups is 2. The van der Waals surface area contributed by atoms with E-state index in [-0.39, 0.29) is 17.8 Å². The fraction of sp³-hybridized carbons (Fsp3) is 0.111. The zero-order chi connectivity index (χ0) is 18.7. The molecule has 8 heteroatoms. The van der Waals surface area contributed by atoms with Crippen molar-refractivity contribution in [2.75, 3.05) is 0 Å². The largest absolute Gasteiger partial charge is 0.335 e. The van der Waals surface area contributed by atoms with E-state index in [0.29, 0.717) is 0 Å². The molecule has 0 atom stereocenters. The third-order valence-corrected chi connectivity index (χ3v) is 3.95. The van der Waals surface area contributed by atoms with E-state index >= 15 is 0 Å². The number of hydrogen-bond acceptors (Lipinski definition) is 4. The van der Waals surface area contributed by atoms with E-state index in [2.05, 4.69) is 10.9 Å². The number of amides is 2. The summed E-state index contributed by atoms with van der Waals surface area (Å²) < 4.78 is 1.84. The molecule has 132 valence electrons. The molecule has 2 N–H and O–H groups in total. The van der Waals surface area contributed by atoms with Gasteiger partial charge in [-0.25, -0.2) is 0 Å². The number of non-ortho nitro benzene ring substituents is 1. The quantitative estimate of drug-likeness (QED) is 0.555. The Hall–Kier alpha value is -3.68. The maximum atomic E-state index is 12.2. The van der Waals surface area contributed by atoms with Crippen LogP contribution in [0.4, 0.5) is 5.69 Å². The van der Waals surface area contributed by atoms with Gasteiger partial charge in [0.2, 0.25) is 0 Å². The van der Waals surface area contributed by atoms with E-state index in [1.807, 2.05) is 41.8 Å². The van der Waals surface area contributed by atoms with Gasteiger partial charge in [0.15, 0.2) is 0 Å². The van der Waals surface area contributed by atoms with Crippen LogP contribution in [0.5, 0.6) is 0 Å². The minimum absolute atomic E-state index is 0.0363.